The minimum atomic E-state index is 0.358. The Morgan fingerprint density at radius 2 is 2.17 bits per heavy atom. The molecule has 3 atom stereocenters. The Morgan fingerprint density at radius 3 is 2.71 bits per heavy atom. The summed E-state index contributed by atoms with van der Waals surface area (Å²) in [7, 11) is 1.80. The average molecular weight is 337 g/mol. The van der Waals surface area contributed by atoms with Crippen LogP contribution in [0, 0.1) is 17.8 Å². The Labute approximate surface area is 148 Å². The van der Waals surface area contributed by atoms with Crippen molar-refractivity contribution in [2.75, 3.05) is 40.0 Å². The van der Waals surface area contributed by atoms with E-state index in [1.165, 1.54) is 12.0 Å². The lowest BCUT2D eigenvalue weighted by Gasteiger charge is -2.21. The van der Waals surface area contributed by atoms with Crippen LogP contribution in [0.4, 0.5) is 0 Å². The molecule has 0 spiro atoms. The smallest absolute Gasteiger partial charge is 0.0710 e. The molecule has 0 aromatic rings. The fraction of sp³-hybridized carbons (Fsp3) is 0.800. The number of allylic oxidation sites excluding steroid dienone is 2. The number of ether oxygens (including phenoxy) is 2. The first-order valence-corrected chi connectivity index (χ1v) is 9.54. The van der Waals surface area contributed by atoms with Crippen molar-refractivity contribution in [3.8, 4) is 0 Å². The fourth-order valence-corrected chi connectivity index (χ4v) is 3.81. The molecule has 2 saturated heterocycles. The third-order valence-corrected chi connectivity index (χ3v) is 5.55. The predicted molar refractivity (Wildman–Crippen MR) is 99.8 cm³/mol. The minimum Gasteiger partial charge on any atom is -0.401 e. The highest BCUT2D eigenvalue weighted by molar-refractivity contribution is 5.29. The SMILES string of the molecule is CCC(/C=C\C(=C(/N)CN1CC[C@H](OC)C1)[C@H]1CCOC1)C(C)C. The topological polar surface area (TPSA) is 47.7 Å². The first-order valence-electron chi connectivity index (χ1n) is 9.54. The van der Waals surface area contributed by atoms with Crippen LogP contribution in [0.15, 0.2) is 23.4 Å². The zero-order valence-electron chi connectivity index (χ0n) is 16.0. The standard InChI is InChI=1S/C20H36N2O2/c1-5-16(15(2)3)6-7-19(17-9-11-24-14-17)20(21)13-22-10-8-18(12-22)23-4/h6-7,15-18H,5,8-14,21H2,1-4H3/b7-6-,20-19+/t16?,17-,18-/m0/s1. The number of hydrogen-bond acceptors (Lipinski definition) is 4. The predicted octanol–water partition coefficient (Wildman–Crippen LogP) is 3.19. The molecule has 2 aliphatic heterocycles. The average Bonchev–Trinajstić information content (AvgIpc) is 3.22. The summed E-state index contributed by atoms with van der Waals surface area (Å²) >= 11 is 0. The second kappa shape index (κ2) is 9.59. The molecule has 0 bridgehead atoms. The summed E-state index contributed by atoms with van der Waals surface area (Å²) in [5.41, 5.74) is 8.87. The number of likely N-dealkylation sites (tertiary alicyclic amines) is 1. The maximum atomic E-state index is 6.56. The van der Waals surface area contributed by atoms with E-state index in [9.17, 15) is 0 Å². The van der Waals surface area contributed by atoms with Crippen LogP contribution in [0.2, 0.25) is 0 Å². The number of rotatable bonds is 8. The van der Waals surface area contributed by atoms with Gasteiger partial charge in [-0.05, 0) is 36.7 Å². The molecule has 2 aliphatic rings. The van der Waals surface area contributed by atoms with E-state index in [0.29, 0.717) is 23.9 Å². The molecule has 138 valence electrons. The van der Waals surface area contributed by atoms with E-state index in [1.807, 2.05) is 0 Å². The van der Waals surface area contributed by atoms with Gasteiger partial charge in [0.25, 0.3) is 0 Å². The number of methoxy groups -OCH3 is 1. The highest BCUT2D eigenvalue weighted by Gasteiger charge is 2.25. The van der Waals surface area contributed by atoms with Gasteiger partial charge < -0.3 is 15.2 Å². The second-order valence-corrected chi connectivity index (χ2v) is 7.60. The molecule has 2 heterocycles. The molecule has 0 aromatic heterocycles. The summed E-state index contributed by atoms with van der Waals surface area (Å²) in [4.78, 5) is 2.41. The van der Waals surface area contributed by atoms with E-state index in [4.69, 9.17) is 15.2 Å². The van der Waals surface area contributed by atoms with Gasteiger partial charge in [-0.15, -0.1) is 0 Å². The van der Waals surface area contributed by atoms with Gasteiger partial charge in [-0.3, -0.25) is 4.90 Å². The van der Waals surface area contributed by atoms with Crippen LogP contribution >= 0.6 is 0 Å². The van der Waals surface area contributed by atoms with Crippen LogP contribution in [0.3, 0.4) is 0 Å². The Balaban J connectivity index is 2.10. The Kier molecular flexibility index (Phi) is 7.79. The molecule has 0 amide bonds. The highest BCUT2D eigenvalue weighted by atomic mass is 16.5. The van der Waals surface area contributed by atoms with Gasteiger partial charge in [0, 0.05) is 45.0 Å². The molecule has 2 rings (SSSR count). The van der Waals surface area contributed by atoms with Crippen LogP contribution in [-0.4, -0.2) is 51.0 Å². The minimum absolute atomic E-state index is 0.358. The Bertz CT molecular complexity index is 439. The normalized spacial score (nSPS) is 28.0. The summed E-state index contributed by atoms with van der Waals surface area (Å²) < 4.78 is 11.1. The first-order chi connectivity index (χ1) is 11.5. The van der Waals surface area contributed by atoms with Crippen molar-refractivity contribution in [1.29, 1.82) is 0 Å². The van der Waals surface area contributed by atoms with Gasteiger partial charge in [0.15, 0.2) is 0 Å². The van der Waals surface area contributed by atoms with Crippen LogP contribution in [-0.2, 0) is 9.47 Å². The van der Waals surface area contributed by atoms with E-state index in [-0.39, 0.29) is 0 Å². The molecule has 4 nitrogen and oxygen atoms in total. The third-order valence-electron chi connectivity index (χ3n) is 5.55. The van der Waals surface area contributed by atoms with Gasteiger partial charge >= 0.3 is 0 Å². The van der Waals surface area contributed by atoms with Crippen LogP contribution < -0.4 is 5.73 Å². The van der Waals surface area contributed by atoms with Crippen LogP contribution in [0.25, 0.3) is 0 Å². The lowest BCUT2D eigenvalue weighted by atomic mass is 9.89. The van der Waals surface area contributed by atoms with Gasteiger partial charge in [0.2, 0.25) is 0 Å². The van der Waals surface area contributed by atoms with E-state index >= 15 is 0 Å². The molecular weight excluding hydrogens is 300 g/mol. The van der Waals surface area contributed by atoms with Crippen molar-refractivity contribution >= 4 is 0 Å². The Morgan fingerprint density at radius 1 is 1.38 bits per heavy atom. The summed E-state index contributed by atoms with van der Waals surface area (Å²) in [6.45, 7) is 11.4. The zero-order valence-corrected chi connectivity index (χ0v) is 16.0. The zero-order chi connectivity index (χ0) is 17.5. The lowest BCUT2D eigenvalue weighted by Crippen LogP contribution is -2.29. The summed E-state index contributed by atoms with van der Waals surface area (Å²) in [5, 5.41) is 0. The number of nitrogens with zero attached hydrogens (tertiary/aromatic N) is 1. The first kappa shape index (κ1) is 19.5. The Hall–Kier alpha value is -0.840. The van der Waals surface area contributed by atoms with Crippen molar-refractivity contribution in [2.24, 2.45) is 23.5 Å². The van der Waals surface area contributed by atoms with Gasteiger partial charge in [-0.2, -0.15) is 0 Å². The van der Waals surface area contributed by atoms with Gasteiger partial charge in [-0.1, -0.05) is 32.9 Å². The molecule has 2 N–H and O–H groups in total. The van der Waals surface area contributed by atoms with Crippen molar-refractivity contribution in [3.05, 3.63) is 23.4 Å². The maximum Gasteiger partial charge on any atom is 0.0710 e. The molecule has 0 aliphatic carbocycles. The third kappa shape index (κ3) is 5.33. The molecule has 0 aromatic carbocycles. The summed E-state index contributed by atoms with van der Waals surface area (Å²) in [6, 6.07) is 0. The maximum absolute atomic E-state index is 6.56. The number of nitrogens with two attached hydrogens (primary N) is 1. The largest absolute Gasteiger partial charge is 0.401 e. The fourth-order valence-electron chi connectivity index (χ4n) is 3.81. The van der Waals surface area contributed by atoms with Gasteiger partial charge in [0.1, 0.15) is 0 Å². The molecule has 1 unspecified atom stereocenters. The van der Waals surface area contributed by atoms with Crippen molar-refractivity contribution in [1.82, 2.24) is 4.90 Å². The van der Waals surface area contributed by atoms with Crippen LogP contribution in [0.1, 0.15) is 40.0 Å². The highest BCUT2D eigenvalue weighted by Crippen LogP contribution is 2.27. The summed E-state index contributed by atoms with van der Waals surface area (Å²) in [5.74, 6) is 1.72. The molecular formula is C20H36N2O2. The molecule has 0 radical (unpaired) electrons. The van der Waals surface area contributed by atoms with E-state index in [0.717, 1.165) is 51.4 Å². The van der Waals surface area contributed by atoms with Crippen molar-refractivity contribution in [3.63, 3.8) is 0 Å². The lowest BCUT2D eigenvalue weighted by molar-refractivity contribution is 0.109. The van der Waals surface area contributed by atoms with Crippen molar-refractivity contribution in [2.45, 2.75) is 46.1 Å². The van der Waals surface area contributed by atoms with Crippen LogP contribution in [0.5, 0.6) is 0 Å². The van der Waals surface area contributed by atoms with E-state index in [1.54, 1.807) is 7.11 Å². The molecule has 0 saturated carbocycles. The van der Waals surface area contributed by atoms with Gasteiger partial charge in [0.05, 0.1) is 12.7 Å². The van der Waals surface area contributed by atoms with E-state index < -0.39 is 0 Å². The quantitative estimate of drug-likeness (QED) is 0.692. The van der Waals surface area contributed by atoms with Gasteiger partial charge in [-0.25, -0.2) is 0 Å². The van der Waals surface area contributed by atoms with Crippen molar-refractivity contribution < 1.29 is 9.47 Å². The number of hydrogen-bond donors (Lipinski definition) is 1. The monoisotopic (exact) mass is 336 g/mol. The summed E-state index contributed by atoms with van der Waals surface area (Å²) in [6.07, 6.45) is 8.38. The second-order valence-electron chi connectivity index (χ2n) is 7.60. The molecule has 2 fully saturated rings. The molecule has 4 heteroatoms. The molecule has 24 heavy (non-hydrogen) atoms. The van der Waals surface area contributed by atoms with E-state index in [2.05, 4.69) is 37.8 Å².